The first kappa shape index (κ1) is 780. The average Bonchev–Trinajstić information content (AvgIpc) is 0. The van der Waals surface area contributed by atoms with Crippen LogP contribution in [0.4, 0.5) is 0 Å². The van der Waals surface area contributed by atoms with Crippen LogP contribution in [-0.4, -0.2) is 30.3 Å². The van der Waals surface area contributed by atoms with Crippen LogP contribution in [0.2, 0.25) is 0 Å². The minimum absolute atomic E-state index is 0. The Hall–Kier alpha value is 0.502. The smallest absolute Gasteiger partial charge is 0.870 e. The van der Waals surface area contributed by atoms with Gasteiger partial charge in [-0.25, -0.2) is 0 Å². The van der Waals surface area contributed by atoms with Crippen LogP contribution in [0.3, 0.4) is 0 Å². The van der Waals surface area contributed by atoms with Gasteiger partial charge in [0.2, 0.25) is 0 Å². The van der Waals surface area contributed by atoms with E-state index in [4.69, 9.17) is 0 Å². The van der Waals surface area contributed by atoms with Crippen molar-refractivity contribution in [2.45, 2.75) is 0 Å². The zero-order chi connectivity index (χ0) is 0. The summed E-state index contributed by atoms with van der Waals surface area (Å²) >= 11 is 0. The summed E-state index contributed by atoms with van der Waals surface area (Å²) in [4.78, 5) is 0. The van der Waals surface area contributed by atoms with E-state index in [9.17, 15) is 0 Å². The molecular weight excluding hydrogens is 81.7 g/mol. The Labute approximate surface area is 49.9 Å². The van der Waals surface area contributed by atoms with Crippen LogP contribution in [0.15, 0.2) is 0 Å². The summed E-state index contributed by atoms with van der Waals surface area (Å²) in [5.41, 5.74) is 0. The van der Waals surface area contributed by atoms with E-state index in [-0.39, 0.29) is 49.2 Å². The second kappa shape index (κ2) is 442. The van der Waals surface area contributed by atoms with Crippen molar-refractivity contribution < 1.29 is 40.8 Å². The van der Waals surface area contributed by atoms with Crippen molar-refractivity contribution in [3.8, 4) is 0 Å². The summed E-state index contributed by atoms with van der Waals surface area (Å²) in [6.45, 7) is 0. The Morgan fingerprint density at radius 3 is 0.500 bits per heavy atom. The van der Waals surface area contributed by atoms with E-state index < -0.39 is 0 Å². The number of rotatable bonds is 0. The molecule has 0 aromatic rings. The van der Waals surface area contributed by atoms with Gasteiger partial charge in [0.15, 0.2) is 0 Å². The second-order valence-electron chi connectivity index (χ2n) is 0. The summed E-state index contributed by atoms with van der Waals surface area (Å²) in [7, 11) is 0. The van der Waals surface area contributed by atoms with Gasteiger partial charge < -0.3 is 21.9 Å². The Morgan fingerprint density at radius 1 is 0.500 bits per heavy atom. The average molecular weight is 85.8 g/mol. The van der Waals surface area contributed by atoms with Crippen molar-refractivity contribution in [1.29, 1.82) is 0 Å². The summed E-state index contributed by atoms with van der Waals surface area (Å²) in [5.74, 6) is 0. The van der Waals surface area contributed by atoms with Gasteiger partial charge >= 0.3 is 27.3 Å². The van der Waals surface area contributed by atoms with Gasteiger partial charge in [0, 0.05) is 0 Å². The molecule has 0 unspecified atom stereocenters. The van der Waals surface area contributed by atoms with E-state index in [1.807, 2.05) is 0 Å². The Bertz CT molecular complexity index is 7.51. The molecule has 4 nitrogen and oxygen atoms in total. The molecule has 0 aliphatic heterocycles. The van der Waals surface area contributed by atoms with E-state index in [2.05, 4.69) is 0 Å². The van der Waals surface area contributed by atoms with Crippen molar-refractivity contribution in [1.82, 2.24) is 0 Å². The Kier molecular flexibility index (Phi) is 57500. The molecule has 0 saturated carbocycles. The standard InChI is InChI=1S/B.Li.4H2O/h;;4*1H2/q+3;+1;;;;/p-4. The number of hydrogen-bond acceptors (Lipinski definition) is 4. The minimum atomic E-state index is 0. The van der Waals surface area contributed by atoms with Crippen LogP contribution in [0.5, 0.6) is 0 Å². The SMILES string of the molecule is [B+3].[Li+].[OH-].[OH-].[OH-].[OH-]. The molecule has 0 fully saturated rings. The van der Waals surface area contributed by atoms with Crippen LogP contribution >= 0.6 is 0 Å². The first-order valence-electron chi connectivity index (χ1n) is 0. The fraction of sp³-hybridized carbons (Fsp3) is 0. The first-order valence-corrected chi connectivity index (χ1v) is 0. The van der Waals surface area contributed by atoms with Crippen LogP contribution in [0, 0.1) is 0 Å². The van der Waals surface area contributed by atoms with Gasteiger partial charge in [-0.05, 0) is 0 Å². The summed E-state index contributed by atoms with van der Waals surface area (Å²) in [6, 6.07) is 0. The van der Waals surface area contributed by atoms with Crippen LogP contribution in [-0.2, 0) is 0 Å². The topological polar surface area (TPSA) is 120 Å². The Morgan fingerprint density at radius 2 is 0.500 bits per heavy atom. The maximum atomic E-state index is 0. The molecule has 32 valence electrons. The predicted octanol–water partition coefficient (Wildman–Crippen LogP) is -4.08. The molecule has 0 atom stereocenters. The predicted molar refractivity (Wildman–Crippen MR) is 13.5 cm³/mol. The number of hydrogen-bond donors (Lipinski definition) is 0. The van der Waals surface area contributed by atoms with Crippen molar-refractivity contribution in [2.24, 2.45) is 0 Å². The Balaban J connectivity index is 0. The molecule has 0 spiro atoms. The molecule has 0 aliphatic carbocycles. The quantitative estimate of drug-likeness (QED) is 0.278. The van der Waals surface area contributed by atoms with Gasteiger partial charge in [0.25, 0.3) is 0 Å². The molecule has 4 N–H and O–H groups in total. The maximum Gasteiger partial charge on any atom is 3.00 e. The zero-order valence-electron chi connectivity index (χ0n) is 3.37. The first-order chi connectivity index (χ1) is 0. The molecule has 0 saturated heterocycles. The van der Waals surface area contributed by atoms with Crippen molar-refractivity contribution in [3.05, 3.63) is 0 Å². The second-order valence-corrected chi connectivity index (χ2v) is 0. The fourth-order valence-corrected chi connectivity index (χ4v) is 0. The zero-order valence-corrected chi connectivity index (χ0v) is 3.37. The van der Waals surface area contributed by atoms with Crippen LogP contribution in [0.25, 0.3) is 0 Å². The molecule has 0 rings (SSSR count). The molecule has 0 aliphatic rings. The van der Waals surface area contributed by atoms with Crippen LogP contribution < -0.4 is 18.9 Å². The maximum absolute atomic E-state index is 0. The molecule has 0 heterocycles. The van der Waals surface area contributed by atoms with E-state index in [1.54, 1.807) is 0 Å². The fourth-order valence-electron chi connectivity index (χ4n) is 0. The minimum Gasteiger partial charge on any atom is -0.870 e. The summed E-state index contributed by atoms with van der Waals surface area (Å²) in [6.07, 6.45) is 0. The van der Waals surface area contributed by atoms with Crippen molar-refractivity contribution in [3.63, 3.8) is 0 Å². The van der Waals surface area contributed by atoms with Gasteiger partial charge in [-0.1, -0.05) is 0 Å². The molecule has 0 amide bonds. The van der Waals surface area contributed by atoms with E-state index in [0.29, 0.717) is 0 Å². The molecule has 0 aromatic heterocycles. The van der Waals surface area contributed by atoms with E-state index in [1.165, 1.54) is 0 Å². The van der Waals surface area contributed by atoms with Gasteiger partial charge in [-0.3, -0.25) is 0 Å². The molecule has 6 heteroatoms. The van der Waals surface area contributed by atoms with E-state index in [0.717, 1.165) is 0 Å². The monoisotopic (exact) mass is 86.0 g/mol. The van der Waals surface area contributed by atoms with Crippen molar-refractivity contribution in [2.75, 3.05) is 0 Å². The third-order valence-electron chi connectivity index (χ3n) is 0. The molecule has 0 radical (unpaired) electrons. The van der Waals surface area contributed by atoms with E-state index >= 15 is 0 Å². The molecule has 6 heavy (non-hydrogen) atoms. The van der Waals surface area contributed by atoms with Crippen molar-refractivity contribution >= 4 is 8.41 Å². The largest absolute Gasteiger partial charge is 3.00 e. The van der Waals surface area contributed by atoms with Gasteiger partial charge in [0.05, 0.1) is 0 Å². The summed E-state index contributed by atoms with van der Waals surface area (Å²) in [5, 5.41) is 0. The molecular formula is H4BLiO4. The van der Waals surface area contributed by atoms with Gasteiger partial charge in [-0.2, -0.15) is 0 Å². The summed E-state index contributed by atoms with van der Waals surface area (Å²) < 4.78 is 0. The van der Waals surface area contributed by atoms with Gasteiger partial charge in [-0.15, -0.1) is 0 Å². The molecule has 0 bridgehead atoms. The third kappa shape index (κ3) is 219. The normalized spacial score (nSPS) is 0. The third-order valence-corrected chi connectivity index (χ3v) is 0. The van der Waals surface area contributed by atoms with Crippen LogP contribution in [0.1, 0.15) is 0 Å². The molecule has 0 aromatic carbocycles. The van der Waals surface area contributed by atoms with Gasteiger partial charge in [0.1, 0.15) is 0 Å².